The van der Waals surface area contributed by atoms with Crippen molar-refractivity contribution in [2.24, 2.45) is 28.6 Å². The molecule has 3 fully saturated rings. The number of rotatable bonds is 5. The first kappa shape index (κ1) is 19.9. The molecule has 0 spiro atoms. The minimum absolute atomic E-state index is 0.0861. The monoisotopic (exact) mass is 374 g/mol. The molecule has 0 heterocycles. The molecule has 0 aromatic rings. The summed E-state index contributed by atoms with van der Waals surface area (Å²) in [4.78, 5) is 2.29. The third-order valence-corrected chi connectivity index (χ3v) is 9.25. The van der Waals surface area contributed by atoms with E-state index in [1.165, 1.54) is 58.0 Å². The van der Waals surface area contributed by atoms with Crippen LogP contribution in [0.15, 0.2) is 11.6 Å². The number of hydrogen-bond donors (Lipinski definition) is 2. The van der Waals surface area contributed by atoms with Crippen LogP contribution in [0.2, 0.25) is 0 Å². The Kier molecular flexibility index (Phi) is 5.50. The second kappa shape index (κ2) is 7.46. The first-order valence-corrected chi connectivity index (χ1v) is 11.6. The molecule has 0 radical (unpaired) electrons. The Bertz CT molecular complexity index is 573. The zero-order valence-corrected chi connectivity index (χ0v) is 18.1. The van der Waals surface area contributed by atoms with Crippen molar-refractivity contribution < 1.29 is 5.11 Å². The number of nitrogens with one attached hydrogen (secondary N) is 1. The van der Waals surface area contributed by atoms with Gasteiger partial charge in [-0.25, -0.2) is 0 Å². The number of aliphatic hydroxyl groups excluding tert-OH is 1. The van der Waals surface area contributed by atoms with Gasteiger partial charge in [0.1, 0.15) is 0 Å². The van der Waals surface area contributed by atoms with Crippen LogP contribution in [-0.2, 0) is 0 Å². The Morgan fingerprint density at radius 1 is 1.11 bits per heavy atom. The van der Waals surface area contributed by atoms with E-state index < -0.39 is 0 Å². The Morgan fingerprint density at radius 3 is 2.70 bits per heavy atom. The standard InChI is InChI=1S/C24H42N2O/c1-23-12-10-18(27)16-17(23)6-7-19-20-8-9-22(25-14-5-15-26(3)4)24(20,2)13-11-21(19)23/h6,18-22,25,27H,5,7-16H2,1-4H3. The van der Waals surface area contributed by atoms with Crippen LogP contribution in [-0.4, -0.2) is 49.3 Å². The van der Waals surface area contributed by atoms with Gasteiger partial charge < -0.3 is 15.3 Å². The molecular weight excluding hydrogens is 332 g/mol. The van der Waals surface area contributed by atoms with Gasteiger partial charge in [0.15, 0.2) is 0 Å². The molecule has 0 aromatic heterocycles. The quantitative estimate of drug-likeness (QED) is 0.559. The molecule has 0 aliphatic heterocycles. The lowest BCUT2D eigenvalue weighted by atomic mass is 9.48. The van der Waals surface area contributed by atoms with Crippen molar-refractivity contribution in [3.63, 3.8) is 0 Å². The van der Waals surface area contributed by atoms with Crippen LogP contribution in [0.25, 0.3) is 0 Å². The Hall–Kier alpha value is -0.380. The zero-order chi connectivity index (χ0) is 19.2. The van der Waals surface area contributed by atoms with Gasteiger partial charge in [-0.2, -0.15) is 0 Å². The van der Waals surface area contributed by atoms with Crippen molar-refractivity contribution >= 4 is 0 Å². The van der Waals surface area contributed by atoms with Gasteiger partial charge in [-0.05, 0) is 114 Å². The minimum atomic E-state index is -0.0861. The average molecular weight is 375 g/mol. The average Bonchev–Trinajstić information content (AvgIpc) is 2.96. The fraction of sp³-hybridized carbons (Fsp3) is 0.917. The Balaban J connectivity index is 1.46. The SMILES string of the molecule is CN(C)CCCNC1CCC2C3CC=C4CC(O)CCC4(C)C3CCC12C. The summed E-state index contributed by atoms with van der Waals surface area (Å²) in [5.74, 6) is 2.63. The molecule has 3 nitrogen and oxygen atoms in total. The molecule has 4 aliphatic carbocycles. The highest BCUT2D eigenvalue weighted by Crippen LogP contribution is 2.64. The second-order valence-corrected chi connectivity index (χ2v) is 10.9. The minimum Gasteiger partial charge on any atom is -0.393 e. The van der Waals surface area contributed by atoms with Gasteiger partial charge in [-0.1, -0.05) is 25.5 Å². The number of fused-ring (bicyclic) bond motifs is 5. The second-order valence-electron chi connectivity index (χ2n) is 10.9. The number of hydrogen-bond acceptors (Lipinski definition) is 3. The van der Waals surface area contributed by atoms with Crippen molar-refractivity contribution in [1.82, 2.24) is 10.2 Å². The molecule has 154 valence electrons. The van der Waals surface area contributed by atoms with Gasteiger partial charge in [-0.3, -0.25) is 0 Å². The molecule has 4 rings (SSSR count). The topological polar surface area (TPSA) is 35.5 Å². The maximum Gasteiger partial charge on any atom is 0.0577 e. The van der Waals surface area contributed by atoms with Crippen LogP contribution in [0.4, 0.5) is 0 Å². The largest absolute Gasteiger partial charge is 0.393 e. The van der Waals surface area contributed by atoms with E-state index in [4.69, 9.17) is 0 Å². The summed E-state index contributed by atoms with van der Waals surface area (Å²) in [5, 5.41) is 14.1. The zero-order valence-electron chi connectivity index (χ0n) is 18.1. The molecule has 2 N–H and O–H groups in total. The van der Waals surface area contributed by atoms with E-state index in [9.17, 15) is 5.11 Å². The maximum atomic E-state index is 10.2. The van der Waals surface area contributed by atoms with Crippen molar-refractivity contribution in [3.8, 4) is 0 Å². The van der Waals surface area contributed by atoms with Crippen molar-refractivity contribution in [2.45, 2.75) is 83.8 Å². The molecular formula is C24H42N2O. The molecule has 0 bridgehead atoms. The van der Waals surface area contributed by atoms with Gasteiger partial charge in [0.2, 0.25) is 0 Å². The van der Waals surface area contributed by atoms with E-state index in [1.807, 2.05) is 0 Å². The van der Waals surface area contributed by atoms with Gasteiger partial charge in [-0.15, -0.1) is 0 Å². The summed E-state index contributed by atoms with van der Waals surface area (Å²) >= 11 is 0. The summed E-state index contributed by atoms with van der Waals surface area (Å²) in [7, 11) is 4.34. The van der Waals surface area contributed by atoms with Crippen LogP contribution in [0.5, 0.6) is 0 Å². The lowest BCUT2D eigenvalue weighted by molar-refractivity contribution is -0.0433. The summed E-state index contributed by atoms with van der Waals surface area (Å²) < 4.78 is 0. The third kappa shape index (κ3) is 3.42. The van der Waals surface area contributed by atoms with Gasteiger partial charge in [0, 0.05) is 6.04 Å². The summed E-state index contributed by atoms with van der Waals surface area (Å²) in [6.45, 7) is 7.49. The molecule has 7 unspecified atom stereocenters. The highest BCUT2D eigenvalue weighted by Gasteiger charge is 2.58. The van der Waals surface area contributed by atoms with E-state index in [1.54, 1.807) is 5.57 Å². The first-order valence-electron chi connectivity index (χ1n) is 11.6. The van der Waals surface area contributed by atoms with Crippen LogP contribution in [0, 0.1) is 28.6 Å². The lowest BCUT2D eigenvalue weighted by Crippen LogP contribution is -2.53. The molecule has 3 heteroatoms. The smallest absolute Gasteiger partial charge is 0.0577 e. The van der Waals surface area contributed by atoms with Crippen molar-refractivity contribution in [3.05, 3.63) is 11.6 Å². The van der Waals surface area contributed by atoms with Gasteiger partial charge >= 0.3 is 0 Å². The van der Waals surface area contributed by atoms with Crippen molar-refractivity contribution in [2.75, 3.05) is 27.2 Å². The van der Waals surface area contributed by atoms with Gasteiger partial charge in [0.05, 0.1) is 6.10 Å². The van der Waals surface area contributed by atoms with E-state index in [2.05, 4.69) is 44.2 Å². The molecule has 0 saturated heterocycles. The van der Waals surface area contributed by atoms with E-state index >= 15 is 0 Å². The van der Waals surface area contributed by atoms with Crippen LogP contribution >= 0.6 is 0 Å². The van der Waals surface area contributed by atoms with E-state index in [0.717, 1.165) is 36.6 Å². The fourth-order valence-corrected chi connectivity index (χ4v) is 7.65. The Morgan fingerprint density at radius 2 is 1.93 bits per heavy atom. The van der Waals surface area contributed by atoms with Crippen molar-refractivity contribution in [1.29, 1.82) is 0 Å². The molecule has 27 heavy (non-hydrogen) atoms. The van der Waals surface area contributed by atoms with Crippen LogP contribution in [0.1, 0.15) is 71.6 Å². The molecule has 0 amide bonds. The number of nitrogens with zero attached hydrogens (tertiary/aromatic N) is 1. The fourth-order valence-electron chi connectivity index (χ4n) is 7.65. The molecule has 3 saturated carbocycles. The Labute approximate surface area is 167 Å². The number of allylic oxidation sites excluding steroid dienone is 1. The predicted molar refractivity (Wildman–Crippen MR) is 113 cm³/mol. The first-order chi connectivity index (χ1) is 12.8. The lowest BCUT2D eigenvalue weighted by Gasteiger charge is -2.58. The highest BCUT2D eigenvalue weighted by atomic mass is 16.3. The molecule has 0 aromatic carbocycles. The van der Waals surface area contributed by atoms with Crippen LogP contribution < -0.4 is 5.32 Å². The van der Waals surface area contributed by atoms with E-state index in [0.29, 0.717) is 10.8 Å². The number of aliphatic hydroxyl groups is 1. The molecule has 7 atom stereocenters. The molecule has 4 aliphatic rings. The summed E-state index contributed by atoms with van der Waals surface area (Å²) in [6, 6.07) is 0.719. The predicted octanol–water partition coefficient (Wildman–Crippen LogP) is 4.22. The normalized spacial score (nSPS) is 46.6. The maximum absolute atomic E-state index is 10.2. The van der Waals surface area contributed by atoms with Crippen LogP contribution in [0.3, 0.4) is 0 Å². The van der Waals surface area contributed by atoms with Gasteiger partial charge in [0.25, 0.3) is 0 Å². The summed E-state index contributed by atoms with van der Waals surface area (Å²) in [5.41, 5.74) is 2.47. The summed E-state index contributed by atoms with van der Waals surface area (Å²) in [6.07, 6.45) is 13.8. The third-order valence-electron chi connectivity index (χ3n) is 9.25. The highest BCUT2D eigenvalue weighted by molar-refractivity contribution is 5.25. The van der Waals surface area contributed by atoms with E-state index in [-0.39, 0.29) is 6.10 Å².